The SMILES string of the molecule is C=CO[PH](=O)OCc1ccccc1.[NaH]. The number of hydrogen-bond donors (Lipinski definition) is 0. The summed E-state index contributed by atoms with van der Waals surface area (Å²) in [5, 5.41) is 0. The predicted octanol–water partition coefficient (Wildman–Crippen LogP) is 2.10. The van der Waals surface area contributed by atoms with Gasteiger partial charge in [-0.05, 0) is 5.56 Å². The first-order chi connectivity index (χ1) is 6.33. The molecular formula is C9H12NaO3P. The molecule has 1 aromatic carbocycles. The van der Waals surface area contributed by atoms with Gasteiger partial charge in [-0.25, -0.2) is 4.57 Å². The van der Waals surface area contributed by atoms with Crippen LogP contribution < -0.4 is 0 Å². The standard InChI is InChI=1S/C9H11O3P.Na.H/c1-2-11-13(10)12-8-9-6-4-3-5-7-9;;/h2-7,13H,1,8H2;;. The van der Waals surface area contributed by atoms with Crippen molar-refractivity contribution in [3.05, 3.63) is 48.7 Å². The van der Waals surface area contributed by atoms with Crippen LogP contribution in [-0.2, 0) is 20.2 Å². The summed E-state index contributed by atoms with van der Waals surface area (Å²) in [6.07, 6.45) is 1.12. The molecule has 0 aliphatic rings. The summed E-state index contributed by atoms with van der Waals surface area (Å²) in [5.41, 5.74) is 0.966. The molecule has 0 N–H and O–H groups in total. The topological polar surface area (TPSA) is 35.5 Å². The van der Waals surface area contributed by atoms with Gasteiger partial charge in [0.15, 0.2) is 0 Å². The van der Waals surface area contributed by atoms with Gasteiger partial charge in [0.1, 0.15) is 0 Å². The zero-order valence-corrected chi connectivity index (χ0v) is 8.10. The number of hydrogen-bond acceptors (Lipinski definition) is 3. The number of rotatable bonds is 5. The predicted molar refractivity (Wildman–Crippen MR) is 58.7 cm³/mol. The average Bonchev–Trinajstić information content (AvgIpc) is 2.17. The number of benzene rings is 1. The first-order valence-corrected chi connectivity index (χ1v) is 5.03. The molecule has 0 aliphatic carbocycles. The van der Waals surface area contributed by atoms with E-state index in [1.807, 2.05) is 30.3 Å². The van der Waals surface area contributed by atoms with Gasteiger partial charge >= 0.3 is 37.8 Å². The van der Waals surface area contributed by atoms with Crippen LogP contribution in [0.4, 0.5) is 0 Å². The van der Waals surface area contributed by atoms with Crippen molar-refractivity contribution in [3.8, 4) is 0 Å². The van der Waals surface area contributed by atoms with Crippen molar-refractivity contribution < 1.29 is 13.6 Å². The van der Waals surface area contributed by atoms with Gasteiger partial charge in [-0.3, -0.25) is 4.52 Å². The molecule has 0 aromatic heterocycles. The molecule has 0 amide bonds. The molecule has 0 saturated heterocycles. The van der Waals surface area contributed by atoms with Crippen LogP contribution in [-0.4, -0.2) is 29.6 Å². The van der Waals surface area contributed by atoms with E-state index >= 15 is 0 Å². The first kappa shape index (κ1) is 13.9. The van der Waals surface area contributed by atoms with E-state index in [9.17, 15) is 4.57 Å². The first-order valence-electron chi connectivity index (χ1n) is 3.81. The second-order valence-electron chi connectivity index (χ2n) is 2.31. The summed E-state index contributed by atoms with van der Waals surface area (Å²) >= 11 is 0. The molecule has 14 heavy (non-hydrogen) atoms. The van der Waals surface area contributed by atoms with Crippen molar-refractivity contribution in [2.75, 3.05) is 0 Å². The van der Waals surface area contributed by atoms with Gasteiger partial charge in [0.05, 0.1) is 12.9 Å². The Hall–Kier alpha value is -0.0500. The third-order valence-corrected chi connectivity index (χ3v) is 2.12. The Balaban J connectivity index is 0.00000169. The molecule has 0 aliphatic heterocycles. The molecule has 0 fully saturated rings. The average molecular weight is 222 g/mol. The fourth-order valence-electron chi connectivity index (χ4n) is 0.819. The van der Waals surface area contributed by atoms with Crippen LogP contribution in [0.1, 0.15) is 5.56 Å². The normalized spacial score (nSPS) is 11.1. The van der Waals surface area contributed by atoms with Crippen molar-refractivity contribution in [1.29, 1.82) is 0 Å². The molecule has 72 valence electrons. The van der Waals surface area contributed by atoms with Crippen LogP contribution in [0.3, 0.4) is 0 Å². The van der Waals surface area contributed by atoms with Crippen molar-refractivity contribution in [1.82, 2.24) is 0 Å². The summed E-state index contributed by atoms with van der Waals surface area (Å²) in [6, 6.07) is 9.48. The molecule has 1 atom stereocenters. The molecule has 0 heterocycles. The van der Waals surface area contributed by atoms with Crippen LogP contribution in [0.5, 0.6) is 0 Å². The summed E-state index contributed by atoms with van der Waals surface area (Å²) < 4.78 is 20.4. The molecule has 0 saturated carbocycles. The van der Waals surface area contributed by atoms with E-state index in [0.717, 1.165) is 11.8 Å². The third-order valence-electron chi connectivity index (χ3n) is 1.38. The quantitative estimate of drug-likeness (QED) is 0.434. The van der Waals surface area contributed by atoms with E-state index in [0.29, 0.717) is 6.61 Å². The molecular weight excluding hydrogens is 210 g/mol. The van der Waals surface area contributed by atoms with Gasteiger partial charge in [0.2, 0.25) is 0 Å². The summed E-state index contributed by atoms with van der Waals surface area (Å²) in [4.78, 5) is 0. The molecule has 0 spiro atoms. The van der Waals surface area contributed by atoms with Crippen LogP contribution in [0.2, 0.25) is 0 Å². The zero-order valence-electron chi connectivity index (χ0n) is 7.10. The molecule has 1 rings (SSSR count). The Kier molecular flexibility index (Phi) is 8.24. The van der Waals surface area contributed by atoms with Gasteiger partial charge < -0.3 is 4.52 Å². The minimum atomic E-state index is -2.41. The Morgan fingerprint density at radius 2 is 2.00 bits per heavy atom. The molecule has 3 nitrogen and oxygen atoms in total. The molecule has 0 bridgehead atoms. The zero-order chi connectivity index (χ0) is 9.52. The van der Waals surface area contributed by atoms with E-state index in [2.05, 4.69) is 11.1 Å². The third kappa shape index (κ3) is 5.63. The van der Waals surface area contributed by atoms with Crippen molar-refractivity contribution in [2.24, 2.45) is 0 Å². The van der Waals surface area contributed by atoms with Gasteiger partial charge in [-0.1, -0.05) is 36.9 Å². The monoisotopic (exact) mass is 222 g/mol. The van der Waals surface area contributed by atoms with Crippen LogP contribution in [0, 0.1) is 0 Å². The molecule has 1 unspecified atom stereocenters. The Morgan fingerprint density at radius 3 is 2.57 bits per heavy atom. The van der Waals surface area contributed by atoms with Gasteiger partial charge in [-0.15, -0.1) is 0 Å². The van der Waals surface area contributed by atoms with Gasteiger partial charge in [-0.2, -0.15) is 0 Å². The molecule has 5 heteroatoms. The summed E-state index contributed by atoms with van der Waals surface area (Å²) in [7, 11) is -2.41. The van der Waals surface area contributed by atoms with Gasteiger partial charge in [0.25, 0.3) is 0 Å². The van der Waals surface area contributed by atoms with E-state index in [-0.39, 0.29) is 29.6 Å². The summed E-state index contributed by atoms with van der Waals surface area (Å²) in [5.74, 6) is 0. The van der Waals surface area contributed by atoms with Crippen LogP contribution >= 0.6 is 8.25 Å². The second kappa shape index (κ2) is 8.27. The molecule has 0 radical (unpaired) electrons. The fourth-order valence-corrected chi connectivity index (χ4v) is 1.31. The fraction of sp³-hybridized carbons (Fsp3) is 0.111. The maximum atomic E-state index is 10.9. The molecule has 1 aromatic rings. The van der Waals surface area contributed by atoms with E-state index in [1.165, 1.54) is 0 Å². The van der Waals surface area contributed by atoms with Crippen LogP contribution in [0.15, 0.2) is 43.2 Å². The van der Waals surface area contributed by atoms with Gasteiger partial charge in [0, 0.05) is 0 Å². The minimum absolute atomic E-state index is 0. The van der Waals surface area contributed by atoms with E-state index in [1.54, 1.807) is 0 Å². The van der Waals surface area contributed by atoms with Crippen LogP contribution in [0.25, 0.3) is 0 Å². The Labute approximate surface area is 106 Å². The maximum absolute atomic E-state index is 10.9. The summed E-state index contributed by atoms with van der Waals surface area (Å²) in [6.45, 7) is 3.58. The van der Waals surface area contributed by atoms with Crippen molar-refractivity contribution in [3.63, 3.8) is 0 Å². The van der Waals surface area contributed by atoms with E-state index < -0.39 is 8.25 Å². The van der Waals surface area contributed by atoms with Crippen molar-refractivity contribution >= 4 is 37.8 Å². The van der Waals surface area contributed by atoms with Crippen molar-refractivity contribution in [2.45, 2.75) is 6.61 Å². The Morgan fingerprint density at radius 1 is 1.36 bits per heavy atom. The van der Waals surface area contributed by atoms with E-state index in [4.69, 9.17) is 4.52 Å². The Bertz CT molecular complexity index is 289. The second-order valence-corrected chi connectivity index (χ2v) is 3.33.